The van der Waals surface area contributed by atoms with E-state index < -0.39 is 10.5 Å². The van der Waals surface area contributed by atoms with Crippen LogP contribution in [0.2, 0.25) is 5.28 Å². The number of phenolic OH excluding ortho intramolecular Hbond substituents is 1. The summed E-state index contributed by atoms with van der Waals surface area (Å²) in [6.07, 6.45) is 1.30. The molecule has 2 aromatic carbocycles. The van der Waals surface area contributed by atoms with E-state index in [0.717, 1.165) is 11.1 Å². The fourth-order valence-corrected chi connectivity index (χ4v) is 3.70. The molecule has 1 atom stereocenters. The van der Waals surface area contributed by atoms with Crippen LogP contribution in [0.5, 0.6) is 5.75 Å². The molecule has 0 aliphatic carbocycles. The van der Waals surface area contributed by atoms with Crippen LogP contribution in [0.15, 0.2) is 54.7 Å². The van der Waals surface area contributed by atoms with Gasteiger partial charge in [0.15, 0.2) is 0 Å². The summed E-state index contributed by atoms with van der Waals surface area (Å²) in [5, 5.41) is 21.3. The number of aromatic hydroxyl groups is 1. The van der Waals surface area contributed by atoms with Gasteiger partial charge in [-0.3, -0.25) is 4.57 Å². The van der Waals surface area contributed by atoms with E-state index >= 15 is 0 Å². The van der Waals surface area contributed by atoms with Crippen LogP contribution in [0.3, 0.4) is 0 Å². The zero-order valence-electron chi connectivity index (χ0n) is 15.7. The van der Waals surface area contributed by atoms with E-state index in [1.165, 1.54) is 10.8 Å². The molecule has 4 rings (SSSR count). The molecular formula is C20H19ClN4O4. The number of rotatable bonds is 5. The van der Waals surface area contributed by atoms with Gasteiger partial charge >= 0.3 is 11.1 Å². The van der Waals surface area contributed by atoms with Crippen LogP contribution in [0, 0.1) is 10.1 Å². The van der Waals surface area contributed by atoms with Gasteiger partial charge in [0.25, 0.3) is 0 Å². The first-order valence-corrected chi connectivity index (χ1v) is 9.37. The maximum absolute atomic E-state index is 10.9. The highest BCUT2D eigenvalue weighted by Crippen LogP contribution is 2.37. The molecule has 8 nitrogen and oxygen atoms in total. The molecule has 1 saturated heterocycles. The first-order valence-electron chi connectivity index (χ1n) is 8.99. The summed E-state index contributed by atoms with van der Waals surface area (Å²) in [5.74, 6) is -0.143. The number of benzene rings is 2. The van der Waals surface area contributed by atoms with Gasteiger partial charge in [-0.15, -0.1) is 0 Å². The number of nitro groups is 1. The summed E-state index contributed by atoms with van der Waals surface area (Å²) in [7, 11) is 0. The molecule has 0 amide bonds. The summed E-state index contributed by atoms with van der Waals surface area (Å²) in [6.45, 7) is 2.94. The van der Waals surface area contributed by atoms with Gasteiger partial charge in [0, 0.05) is 0 Å². The number of aromatic nitrogens is 2. The minimum atomic E-state index is -0.659. The van der Waals surface area contributed by atoms with Crippen molar-refractivity contribution in [3.05, 3.63) is 70.1 Å². The van der Waals surface area contributed by atoms with Crippen molar-refractivity contribution >= 4 is 23.1 Å². The zero-order chi connectivity index (χ0) is 20.6. The fraction of sp³-hybridized carbons (Fsp3) is 0.250. The molecule has 1 aromatic heterocycles. The van der Waals surface area contributed by atoms with Gasteiger partial charge in [-0.2, -0.15) is 0 Å². The number of phenols is 1. The Kier molecular flexibility index (Phi) is 4.89. The number of halogens is 1. The first kappa shape index (κ1) is 19.2. The normalized spacial score (nSPS) is 18.9. The van der Waals surface area contributed by atoms with Crippen molar-refractivity contribution < 1.29 is 14.8 Å². The number of hydrogen-bond donors (Lipinski definition) is 1. The second kappa shape index (κ2) is 7.38. The molecule has 0 radical (unpaired) electrons. The lowest BCUT2D eigenvalue weighted by molar-refractivity contribution is -0.389. The van der Waals surface area contributed by atoms with E-state index in [4.69, 9.17) is 16.3 Å². The topological polar surface area (TPSA) is 93.7 Å². The Hall–Kier alpha value is -3.10. The molecule has 0 spiro atoms. The number of imidazole rings is 1. The van der Waals surface area contributed by atoms with E-state index in [9.17, 15) is 15.2 Å². The number of anilines is 1. The van der Waals surface area contributed by atoms with Crippen molar-refractivity contribution in [2.75, 3.05) is 18.2 Å². The molecule has 2 heterocycles. The third-order valence-corrected chi connectivity index (χ3v) is 5.23. The smallest absolute Gasteiger partial charge is 0.383 e. The van der Waals surface area contributed by atoms with Gasteiger partial charge < -0.3 is 24.9 Å². The van der Waals surface area contributed by atoms with E-state index in [1.807, 2.05) is 54.3 Å². The summed E-state index contributed by atoms with van der Waals surface area (Å²) in [4.78, 5) is 16.0. The minimum Gasteiger partial charge on any atom is -0.506 e. The molecule has 1 fully saturated rings. The van der Waals surface area contributed by atoms with E-state index in [2.05, 4.69) is 4.98 Å². The molecule has 29 heavy (non-hydrogen) atoms. The third kappa shape index (κ3) is 3.90. The summed E-state index contributed by atoms with van der Waals surface area (Å²) in [5.41, 5.74) is 2.04. The van der Waals surface area contributed by atoms with Gasteiger partial charge in [0.05, 0.1) is 18.8 Å². The molecule has 1 N–H and O–H groups in total. The SMILES string of the molecule is CC1(Cn2cc([N+](=O)[O-])nc2Cl)CN(c2cc(-c3ccccc3)ccc2O)CO1. The number of nitrogens with zero attached hydrogens (tertiary/aromatic N) is 4. The Bertz CT molecular complexity index is 1060. The molecule has 0 bridgehead atoms. The highest BCUT2D eigenvalue weighted by molar-refractivity contribution is 6.28. The third-order valence-electron chi connectivity index (χ3n) is 4.92. The Morgan fingerprint density at radius 3 is 2.72 bits per heavy atom. The quantitative estimate of drug-likeness (QED) is 0.499. The van der Waals surface area contributed by atoms with Crippen molar-refractivity contribution in [3.8, 4) is 16.9 Å². The zero-order valence-corrected chi connectivity index (χ0v) is 16.4. The molecule has 1 unspecified atom stereocenters. The maximum Gasteiger partial charge on any atom is 0.383 e. The van der Waals surface area contributed by atoms with Crippen LogP contribution in [0.25, 0.3) is 11.1 Å². The molecule has 0 saturated carbocycles. The van der Waals surface area contributed by atoms with Crippen LogP contribution in [-0.4, -0.2) is 38.5 Å². The highest BCUT2D eigenvalue weighted by Gasteiger charge is 2.37. The molecule has 1 aliphatic heterocycles. The lowest BCUT2D eigenvalue weighted by Gasteiger charge is -2.24. The second-order valence-electron chi connectivity index (χ2n) is 7.24. The second-order valence-corrected chi connectivity index (χ2v) is 7.58. The van der Waals surface area contributed by atoms with Crippen LogP contribution >= 0.6 is 11.6 Å². The first-order chi connectivity index (χ1) is 13.8. The van der Waals surface area contributed by atoms with Gasteiger partial charge in [0.2, 0.25) is 0 Å². The van der Waals surface area contributed by atoms with Gasteiger partial charge in [-0.25, -0.2) is 0 Å². The Balaban J connectivity index is 1.56. The largest absolute Gasteiger partial charge is 0.506 e. The van der Waals surface area contributed by atoms with Gasteiger partial charge in [-0.05, 0) is 51.7 Å². The van der Waals surface area contributed by atoms with E-state index in [-0.39, 0.29) is 23.6 Å². The predicted octanol–water partition coefficient (Wildman–Crippen LogP) is 4.07. The van der Waals surface area contributed by atoms with Crippen LogP contribution in [0.1, 0.15) is 6.92 Å². The maximum atomic E-state index is 10.9. The average Bonchev–Trinajstić information content (AvgIpc) is 3.26. The number of hydrogen-bond acceptors (Lipinski definition) is 6. The Morgan fingerprint density at radius 1 is 1.28 bits per heavy atom. The van der Waals surface area contributed by atoms with Gasteiger partial charge in [-0.1, -0.05) is 36.4 Å². The van der Waals surface area contributed by atoms with Crippen LogP contribution in [-0.2, 0) is 11.3 Å². The van der Waals surface area contributed by atoms with Crippen LogP contribution in [0.4, 0.5) is 11.5 Å². The summed E-state index contributed by atoms with van der Waals surface area (Å²) in [6, 6.07) is 15.4. The van der Waals surface area contributed by atoms with E-state index in [0.29, 0.717) is 18.8 Å². The monoisotopic (exact) mass is 414 g/mol. The Morgan fingerprint density at radius 2 is 2.03 bits per heavy atom. The standard InChI is InChI=1S/C20H19ClN4O4/c1-20(11-23-10-18(25(27)28)22-19(23)21)12-24(13-29-20)16-9-15(7-8-17(16)26)14-5-3-2-4-6-14/h2-10,26H,11-13H2,1H3. The van der Waals surface area contributed by atoms with Crippen molar-refractivity contribution in [2.24, 2.45) is 0 Å². The summed E-state index contributed by atoms with van der Waals surface area (Å²) < 4.78 is 7.48. The minimum absolute atomic E-state index is 0.0360. The van der Waals surface area contributed by atoms with Crippen molar-refractivity contribution in [1.82, 2.24) is 9.55 Å². The predicted molar refractivity (Wildman–Crippen MR) is 109 cm³/mol. The lowest BCUT2D eigenvalue weighted by atomic mass is 10.0. The molecule has 150 valence electrons. The van der Waals surface area contributed by atoms with Crippen molar-refractivity contribution in [1.29, 1.82) is 0 Å². The average molecular weight is 415 g/mol. The van der Waals surface area contributed by atoms with Gasteiger partial charge in [0.1, 0.15) is 24.3 Å². The van der Waals surface area contributed by atoms with Crippen molar-refractivity contribution in [2.45, 2.75) is 19.1 Å². The lowest BCUT2D eigenvalue weighted by Crippen LogP contribution is -2.35. The highest BCUT2D eigenvalue weighted by atomic mass is 35.5. The fourth-order valence-electron chi connectivity index (χ4n) is 3.51. The molecule has 3 aromatic rings. The van der Waals surface area contributed by atoms with Crippen LogP contribution < -0.4 is 4.90 Å². The molecule has 1 aliphatic rings. The number of ether oxygens (including phenoxy) is 1. The van der Waals surface area contributed by atoms with Crippen molar-refractivity contribution in [3.63, 3.8) is 0 Å². The molecule has 9 heteroatoms. The van der Waals surface area contributed by atoms with E-state index in [1.54, 1.807) is 6.07 Å². The summed E-state index contributed by atoms with van der Waals surface area (Å²) >= 11 is 6.03. The molecular weight excluding hydrogens is 396 g/mol. The Labute approximate surface area is 172 Å².